The van der Waals surface area contributed by atoms with Crippen molar-refractivity contribution in [2.45, 2.75) is 25.7 Å². The van der Waals surface area contributed by atoms with Crippen LogP contribution in [0.25, 0.3) is 11.0 Å². The van der Waals surface area contributed by atoms with Crippen molar-refractivity contribution in [3.63, 3.8) is 0 Å². The number of fused-ring (bicyclic) bond motifs is 1. The second-order valence-electron chi connectivity index (χ2n) is 5.27. The minimum atomic E-state index is -0.740. The monoisotopic (exact) mass is 272 g/mol. The first-order valence-electron chi connectivity index (χ1n) is 6.76. The van der Waals surface area contributed by atoms with Gasteiger partial charge in [-0.1, -0.05) is 25.0 Å². The smallest absolute Gasteiger partial charge is 0.311 e. The number of hydrogen-bond acceptors (Lipinski definition) is 5. The number of carbonyl (C=O) groups is 1. The Hall–Kier alpha value is -2.24. The van der Waals surface area contributed by atoms with Crippen LogP contribution in [0.1, 0.15) is 25.7 Å². The van der Waals surface area contributed by atoms with Crippen LogP contribution in [-0.2, 0) is 4.79 Å². The van der Waals surface area contributed by atoms with E-state index in [1.165, 1.54) is 0 Å². The number of nitrogens with one attached hydrogen (secondary N) is 1. The third-order valence-corrected chi connectivity index (χ3v) is 3.96. The largest absolute Gasteiger partial charge is 0.481 e. The Morgan fingerprint density at radius 2 is 1.90 bits per heavy atom. The predicted octanol–water partition coefficient (Wildman–Crippen LogP) is 2.08. The molecule has 0 saturated heterocycles. The van der Waals surface area contributed by atoms with Crippen LogP contribution in [0.3, 0.4) is 0 Å². The summed E-state index contributed by atoms with van der Waals surface area (Å²) in [5.74, 6) is -0.354. The van der Waals surface area contributed by atoms with Crippen LogP contribution in [0.2, 0.25) is 0 Å². The lowest BCUT2D eigenvalue weighted by atomic mass is 9.86. The Balaban J connectivity index is 1.77. The number of benzene rings is 1. The second-order valence-corrected chi connectivity index (χ2v) is 5.27. The van der Waals surface area contributed by atoms with Gasteiger partial charge in [0.15, 0.2) is 0 Å². The molecule has 0 radical (unpaired) electrons. The number of hydrogen-bond donors (Lipinski definition) is 2. The van der Waals surface area contributed by atoms with Gasteiger partial charge in [0.2, 0.25) is 5.95 Å². The molecule has 1 aliphatic carbocycles. The van der Waals surface area contributed by atoms with Crippen molar-refractivity contribution in [1.29, 1.82) is 0 Å². The molecule has 0 aliphatic heterocycles. The summed E-state index contributed by atoms with van der Waals surface area (Å²) in [5, 5.41) is 20.5. The van der Waals surface area contributed by atoms with Gasteiger partial charge in [-0.3, -0.25) is 4.79 Å². The van der Waals surface area contributed by atoms with Gasteiger partial charge < -0.3 is 10.4 Å². The van der Waals surface area contributed by atoms with Gasteiger partial charge >= 0.3 is 5.97 Å². The first kappa shape index (κ1) is 12.8. The molecule has 0 atom stereocenters. The van der Waals surface area contributed by atoms with Crippen molar-refractivity contribution in [3.05, 3.63) is 24.3 Å². The molecule has 1 aromatic heterocycles. The quantitative estimate of drug-likeness (QED) is 0.886. The van der Waals surface area contributed by atoms with Crippen LogP contribution in [0.4, 0.5) is 5.95 Å². The molecule has 104 valence electrons. The highest BCUT2D eigenvalue weighted by atomic mass is 16.4. The minimum Gasteiger partial charge on any atom is -0.481 e. The fraction of sp³-hybridized carbons (Fsp3) is 0.429. The maximum absolute atomic E-state index is 11.5. The molecule has 2 aromatic rings. The Labute approximate surface area is 116 Å². The van der Waals surface area contributed by atoms with Crippen molar-refractivity contribution in [2.24, 2.45) is 5.41 Å². The van der Waals surface area contributed by atoms with Gasteiger partial charge in [-0.15, -0.1) is 10.2 Å². The Kier molecular flexibility index (Phi) is 3.22. The molecule has 3 rings (SSSR count). The van der Waals surface area contributed by atoms with Crippen LogP contribution in [0.15, 0.2) is 24.3 Å². The Morgan fingerprint density at radius 3 is 2.60 bits per heavy atom. The molecule has 1 aliphatic rings. The number of carboxylic acid groups (broad SMARTS) is 1. The number of anilines is 1. The third kappa shape index (κ3) is 2.29. The first-order valence-corrected chi connectivity index (χ1v) is 6.76. The summed E-state index contributed by atoms with van der Waals surface area (Å²) < 4.78 is 0. The molecule has 0 amide bonds. The van der Waals surface area contributed by atoms with E-state index < -0.39 is 11.4 Å². The lowest BCUT2D eigenvalue weighted by molar-refractivity contribution is -0.147. The zero-order chi connectivity index (χ0) is 14.0. The topological polar surface area (TPSA) is 88.0 Å². The van der Waals surface area contributed by atoms with E-state index in [1.54, 1.807) is 0 Å². The molecular formula is C14H16N4O2. The Morgan fingerprint density at radius 1 is 1.20 bits per heavy atom. The number of carboxylic acids is 1. The van der Waals surface area contributed by atoms with Crippen molar-refractivity contribution in [1.82, 2.24) is 15.2 Å². The number of nitrogens with zero attached hydrogens (tertiary/aromatic N) is 3. The average Bonchev–Trinajstić information content (AvgIpc) is 2.95. The van der Waals surface area contributed by atoms with E-state index in [2.05, 4.69) is 20.5 Å². The van der Waals surface area contributed by atoms with Crippen molar-refractivity contribution in [3.8, 4) is 0 Å². The summed E-state index contributed by atoms with van der Waals surface area (Å²) in [6.07, 6.45) is 3.34. The average molecular weight is 272 g/mol. The summed E-state index contributed by atoms with van der Waals surface area (Å²) in [6, 6.07) is 7.47. The summed E-state index contributed by atoms with van der Waals surface area (Å²) in [4.78, 5) is 15.8. The van der Waals surface area contributed by atoms with Crippen LogP contribution >= 0.6 is 0 Å². The molecule has 6 nitrogen and oxygen atoms in total. The predicted molar refractivity (Wildman–Crippen MR) is 74.4 cm³/mol. The van der Waals surface area contributed by atoms with Crippen molar-refractivity contribution < 1.29 is 9.90 Å². The summed E-state index contributed by atoms with van der Waals surface area (Å²) in [6.45, 7) is 0.350. The zero-order valence-corrected chi connectivity index (χ0v) is 11.0. The van der Waals surface area contributed by atoms with Gasteiger partial charge in [0.05, 0.1) is 10.9 Å². The number of aliphatic carboxylic acids is 1. The minimum absolute atomic E-state index is 0.350. The molecule has 1 aromatic carbocycles. The highest BCUT2D eigenvalue weighted by Gasteiger charge is 2.41. The maximum Gasteiger partial charge on any atom is 0.311 e. The van der Waals surface area contributed by atoms with E-state index in [-0.39, 0.29) is 0 Å². The van der Waals surface area contributed by atoms with E-state index >= 15 is 0 Å². The van der Waals surface area contributed by atoms with E-state index in [9.17, 15) is 9.90 Å². The summed E-state index contributed by atoms with van der Waals surface area (Å²) >= 11 is 0. The highest BCUT2D eigenvalue weighted by molar-refractivity contribution is 5.76. The van der Waals surface area contributed by atoms with Gasteiger partial charge in [0.25, 0.3) is 0 Å². The lowest BCUT2D eigenvalue weighted by Gasteiger charge is -2.23. The fourth-order valence-electron chi connectivity index (χ4n) is 2.72. The first-order chi connectivity index (χ1) is 9.70. The van der Waals surface area contributed by atoms with E-state index in [4.69, 9.17) is 0 Å². The molecule has 20 heavy (non-hydrogen) atoms. The van der Waals surface area contributed by atoms with Gasteiger partial charge in [0.1, 0.15) is 5.52 Å². The number of aromatic nitrogens is 3. The summed E-state index contributed by atoms with van der Waals surface area (Å²) in [7, 11) is 0. The van der Waals surface area contributed by atoms with Crippen molar-refractivity contribution in [2.75, 3.05) is 11.9 Å². The van der Waals surface area contributed by atoms with E-state index in [1.807, 2.05) is 24.3 Å². The zero-order valence-electron chi connectivity index (χ0n) is 11.0. The van der Waals surface area contributed by atoms with Gasteiger partial charge in [-0.05, 0) is 25.0 Å². The highest BCUT2D eigenvalue weighted by Crippen LogP contribution is 2.38. The van der Waals surface area contributed by atoms with E-state index in [0.29, 0.717) is 25.3 Å². The van der Waals surface area contributed by atoms with Crippen LogP contribution in [0, 0.1) is 5.41 Å². The number of para-hydroxylation sites is 1. The van der Waals surface area contributed by atoms with E-state index in [0.717, 1.165) is 23.9 Å². The SMILES string of the molecule is O=C(O)C1(CNc2nnc3ccccc3n2)CCCC1. The van der Waals surface area contributed by atoms with Gasteiger partial charge in [0, 0.05) is 6.54 Å². The fourth-order valence-corrected chi connectivity index (χ4v) is 2.72. The normalized spacial score (nSPS) is 17.2. The summed E-state index contributed by atoms with van der Waals surface area (Å²) in [5.41, 5.74) is 0.794. The molecule has 0 bridgehead atoms. The van der Waals surface area contributed by atoms with Crippen LogP contribution < -0.4 is 5.32 Å². The lowest BCUT2D eigenvalue weighted by Crippen LogP contribution is -2.35. The molecule has 0 unspecified atom stereocenters. The molecule has 2 N–H and O–H groups in total. The molecule has 1 saturated carbocycles. The second kappa shape index (κ2) is 5.03. The van der Waals surface area contributed by atoms with Crippen molar-refractivity contribution >= 4 is 23.0 Å². The maximum atomic E-state index is 11.5. The molecule has 1 fully saturated rings. The third-order valence-electron chi connectivity index (χ3n) is 3.96. The van der Waals surface area contributed by atoms with Gasteiger partial charge in [-0.25, -0.2) is 4.98 Å². The standard InChI is InChI=1S/C14H16N4O2/c19-12(20)14(7-3-4-8-14)9-15-13-16-10-5-1-2-6-11(10)17-18-13/h1-2,5-6H,3-4,7-9H2,(H,19,20)(H,15,16,18). The van der Waals surface area contributed by atoms with Gasteiger partial charge in [-0.2, -0.15) is 0 Å². The van der Waals surface area contributed by atoms with Crippen LogP contribution in [-0.4, -0.2) is 32.8 Å². The Bertz CT molecular complexity index is 638. The molecule has 6 heteroatoms. The molecule has 1 heterocycles. The number of rotatable bonds is 4. The molecular weight excluding hydrogens is 256 g/mol. The van der Waals surface area contributed by atoms with Crippen LogP contribution in [0.5, 0.6) is 0 Å². The molecule has 0 spiro atoms.